The van der Waals surface area contributed by atoms with Crippen LogP contribution in [-0.4, -0.2) is 0 Å². The van der Waals surface area contributed by atoms with Gasteiger partial charge in [-0.05, 0) is 30.5 Å². The van der Waals surface area contributed by atoms with Crippen molar-refractivity contribution in [3.63, 3.8) is 0 Å². The zero-order valence-electron chi connectivity index (χ0n) is 17.8. The zero-order valence-corrected chi connectivity index (χ0v) is 20.1. The number of aromatic nitrogens is 1. The smallest absolute Gasteiger partial charge is 0.173 e. The Bertz CT molecular complexity index is 670. The molecule has 0 atom stereocenters. The van der Waals surface area contributed by atoms with E-state index in [2.05, 4.69) is 36.0 Å². The molecule has 4 heteroatoms. The molecule has 0 aliphatic rings. The molecule has 0 N–H and O–H groups in total. The van der Waals surface area contributed by atoms with Gasteiger partial charge in [0.2, 0.25) is 0 Å². The molecule has 1 heterocycles. The molecule has 1 aromatic heterocycles. The number of nitrogens with zero attached hydrogens (tertiary/aromatic N) is 1. The fourth-order valence-electron chi connectivity index (χ4n) is 3.60. The topological polar surface area (TPSA) is 3.88 Å². The van der Waals surface area contributed by atoms with Crippen molar-refractivity contribution in [2.24, 2.45) is 0 Å². The van der Waals surface area contributed by atoms with Crippen LogP contribution >= 0.6 is 23.2 Å². The van der Waals surface area contributed by atoms with Crippen LogP contribution in [0.25, 0.3) is 0 Å². The Hall–Kier alpha value is -0.760. The zero-order chi connectivity index (χ0) is 20.0. The van der Waals surface area contributed by atoms with Crippen molar-refractivity contribution in [1.82, 2.24) is 0 Å². The van der Waals surface area contributed by atoms with Crippen molar-refractivity contribution < 1.29 is 17.0 Å². The molecular weight excluding hydrogens is 421 g/mol. The third kappa shape index (κ3) is 11.3. The first-order valence-electron chi connectivity index (χ1n) is 11.1. The number of aryl methyl sites for hydroxylation is 1. The number of halogens is 3. The first-order valence-corrected chi connectivity index (χ1v) is 11.9. The van der Waals surface area contributed by atoms with Crippen LogP contribution in [-0.2, 0) is 13.0 Å². The summed E-state index contributed by atoms with van der Waals surface area (Å²) in [6.45, 7) is 3.10. The van der Waals surface area contributed by atoms with E-state index in [0.717, 1.165) is 12.1 Å². The highest BCUT2D eigenvalue weighted by atomic mass is 35.5. The number of benzene rings is 1. The first kappa shape index (κ1) is 26.3. The van der Waals surface area contributed by atoms with Gasteiger partial charge >= 0.3 is 0 Å². The summed E-state index contributed by atoms with van der Waals surface area (Å²) < 4.78 is 2.18. The van der Waals surface area contributed by atoms with E-state index in [0.29, 0.717) is 10.0 Å². The molecule has 0 amide bonds. The summed E-state index contributed by atoms with van der Waals surface area (Å²) in [4.78, 5) is 0. The lowest BCUT2D eigenvalue weighted by molar-refractivity contribution is -0.688. The van der Waals surface area contributed by atoms with Gasteiger partial charge in [0, 0.05) is 17.7 Å². The van der Waals surface area contributed by atoms with Crippen molar-refractivity contribution in [3.05, 3.63) is 63.9 Å². The summed E-state index contributed by atoms with van der Waals surface area (Å²) in [7, 11) is 0. The second-order valence-electron chi connectivity index (χ2n) is 7.91. The quantitative estimate of drug-likeness (QED) is 0.272. The minimum Gasteiger partial charge on any atom is -1.00 e. The van der Waals surface area contributed by atoms with Crippen LogP contribution in [0.5, 0.6) is 0 Å². The van der Waals surface area contributed by atoms with Gasteiger partial charge in [-0.2, -0.15) is 0 Å². The van der Waals surface area contributed by atoms with E-state index >= 15 is 0 Å². The Labute approximate surface area is 194 Å². The van der Waals surface area contributed by atoms with E-state index in [-0.39, 0.29) is 12.4 Å². The van der Waals surface area contributed by atoms with E-state index in [1.807, 2.05) is 18.2 Å². The minimum atomic E-state index is 0. The maximum Gasteiger partial charge on any atom is 0.173 e. The number of unbranched alkanes of at least 4 members (excludes halogenated alkanes) is 10. The number of rotatable bonds is 14. The van der Waals surface area contributed by atoms with Crippen molar-refractivity contribution in [3.8, 4) is 0 Å². The fraction of sp³-hybridized carbons (Fsp3) is 0.560. The number of pyridine rings is 1. The fourth-order valence-corrected chi connectivity index (χ4v) is 3.92. The predicted octanol–water partition coefficient (Wildman–Crippen LogP) is 5.19. The molecule has 0 aliphatic carbocycles. The van der Waals surface area contributed by atoms with Crippen LogP contribution in [0, 0.1) is 0 Å². The lowest BCUT2D eigenvalue weighted by Crippen LogP contribution is -3.00. The van der Waals surface area contributed by atoms with Crippen LogP contribution < -0.4 is 17.0 Å². The SMILES string of the molecule is CCCCCCCCCCCCCc1cc[n+](Cc2ccc(Cl)c(Cl)c2)cc1.[Cl-]. The molecule has 0 unspecified atom stereocenters. The molecule has 1 aromatic carbocycles. The van der Waals surface area contributed by atoms with E-state index < -0.39 is 0 Å². The third-order valence-corrected chi connectivity index (χ3v) is 6.12. The Morgan fingerprint density at radius 3 is 1.76 bits per heavy atom. The predicted molar refractivity (Wildman–Crippen MR) is 122 cm³/mol. The van der Waals surface area contributed by atoms with Crippen molar-refractivity contribution in [2.45, 2.75) is 90.5 Å². The van der Waals surface area contributed by atoms with E-state index in [9.17, 15) is 0 Å². The third-order valence-electron chi connectivity index (χ3n) is 5.38. The van der Waals surface area contributed by atoms with Gasteiger partial charge in [0.1, 0.15) is 0 Å². The monoisotopic (exact) mass is 455 g/mol. The number of hydrogen-bond acceptors (Lipinski definition) is 0. The second kappa shape index (κ2) is 16.0. The van der Waals surface area contributed by atoms with E-state index in [1.165, 1.54) is 82.6 Å². The Balaban J connectivity index is 0.00000420. The Morgan fingerprint density at radius 2 is 1.21 bits per heavy atom. The van der Waals surface area contributed by atoms with Crippen LogP contribution in [0.2, 0.25) is 10.0 Å². The maximum absolute atomic E-state index is 6.10. The highest BCUT2D eigenvalue weighted by molar-refractivity contribution is 6.42. The standard InChI is InChI=1S/C25H36Cl2N.ClH/c1-2-3-4-5-6-7-8-9-10-11-12-13-22-16-18-28(19-17-22)21-23-14-15-24(26)25(27)20-23;/h14-20H,2-13,21H2,1H3;1H/q+1;/p-1. The molecule has 0 spiro atoms. The van der Waals surface area contributed by atoms with Crippen molar-refractivity contribution >= 4 is 23.2 Å². The van der Waals surface area contributed by atoms with Gasteiger partial charge in [0.05, 0.1) is 10.0 Å². The van der Waals surface area contributed by atoms with Crippen LogP contribution in [0.15, 0.2) is 42.7 Å². The van der Waals surface area contributed by atoms with E-state index in [1.54, 1.807) is 0 Å². The van der Waals surface area contributed by atoms with Gasteiger partial charge in [0.25, 0.3) is 0 Å². The summed E-state index contributed by atoms with van der Waals surface area (Å²) in [5.41, 5.74) is 2.60. The summed E-state index contributed by atoms with van der Waals surface area (Å²) in [5, 5.41) is 1.23. The van der Waals surface area contributed by atoms with Crippen LogP contribution in [0.1, 0.15) is 88.7 Å². The Morgan fingerprint density at radius 1 is 0.655 bits per heavy atom. The van der Waals surface area contributed by atoms with Crippen LogP contribution in [0.3, 0.4) is 0 Å². The van der Waals surface area contributed by atoms with Gasteiger partial charge in [-0.15, -0.1) is 0 Å². The van der Waals surface area contributed by atoms with Crippen molar-refractivity contribution in [1.29, 1.82) is 0 Å². The normalized spacial score (nSPS) is 10.7. The summed E-state index contributed by atoms with van der Waals surface area (Å²) in [5.74, 6) is 0. The Kier molecular flexibility index (Phi) is 14.5. The largest absolute Gasteiger partial charge is 1.00 e. The molecule has 2 rings (SSSR count). The van der Waals surface area contributed by atoms with Crippen LogP contribution in [0.4, 0.5) is 0 Å². The molecule has 0 saturated heterocycles. The van der Waals surface area contributed by atoms with Crippen molar-refractivity contribution in [2.75, 3.05) is 0 Å². The van der Waals surface area contributed by atoms with Gasteiger partial charge < -0.3 is 12.4 Å². The first-order chi connectivity index (χ1) is 13.7. The second-order valence-corrected chi connectivity index (χ2v) is 8.73. The molecule has 0 radical (unpaired) electrons. The lowest BCUT2D eigenvalue weighted by atomic mass is 10.0. The molecule has 0 saturated carbocycles. The molecule has 1 nitrogen and oxygen atoms in total. The average Bonchev–Trinajstić information content (AvgIpc) is 2.70. The van der Waals surface area contributed by atoms with Gasteiger partial charge in [-0.1, -0.05) is 100 Å². The van der Waals surface area contributed by atoms with E-state index in [4.69, 9.17) is 23.2 Å². The average molecular weight is 457 g/mol. The maximum atomic E-state index is 6.10. The summed E-state index contributed by atoms with van der Waals surface area (Å²) >= 11 is 12.1. The molecule has 0 fully saturated rings. The van der Waals surface area contributed by atoms with Gasteiger partial charge in [-0.25, -0.2) is 4.57 Å². The van der Waals surface area contributed by atoms with Gasteiger partial charge in [-0.3, -0.25) is 0 Å². The lowest BCUT2D eigenvalue weighted by Gasteiger charge is -2.04. The summed E-state index contributed by atoms with van der Waals surface area (Å²) in [6.07, 6.45) is 20.9. The molecule has 0 aliphatic heterocycles. The minimum absolute atomic E-state index is 0. The molecular formula is C25H36Cl3N. The van der Waals surface area contributed by atoms with Gasteiger partial charge in [0.15, 0.2) is 18.9 Å². The summed E-state index contributed by atoms with van der Waals surface area (Å²) in [6, 6.07) is 10.3. The molecule has 29 heavy (non-hydrogen) atoms. The molecule has 2 aromatic rings. The highest BCUT2D eigenvalue weighted by Gasteiger charge is 2.06. The molecule has 162 valence electrons. The molecule has 0 bridgehead atoms. The number of hydrogen-bond donors (Lipinski definition) is 0. The highest BCUT2D eigenvalue weighted by Crippen LogP contribution is 2.22.